The Hall–Kier alpha value is -3.06. The van der Waals surface area contributed by atoms with Gasteiger partial charge in [-0.05, 0) is 43.5 Å². The first-order valence-corrected chi connectivity index (χ1v) is 11.9. The van der Waals surface area contributed by atoms with E-state index in [1.165, 1.54) is 42.6 Å². The second-order valence-corrected chi connectivity index (χ2v) is 8.82. The van der Waals surface area contributed by atoms with Crippen molar-refractivity contribution >= 4 is 28.3 Å². The molecule has 0 aliphatic heterocycles. The molecular weight excluding hydrogens is 420 g/mol. The molecule has 0 atom stereocenters. The molecule has 0 saturated carbocycles. The standard InChI is InChI=1S/C25H30N4O2S/c1-3-4-5-6-9-19-11-13-20(14-12-19)23(31)26-16-15-22(30)27-25-29-28-24(32-25)21-10-7-8-18(2)17-21/h7-8,10-14,17H,3-6,9,15-16H2,1-2H3,(H,26,31)(H,27,29,30). The van der Waals surface area contributed by atoms with Crippen LogP contribution in [0.3, 0.4) is 0 Å². The molecule has 1 heterocycles. The highest BCUT2D eigenvalue weighted by Crippen LogP contribution is 2.26. The van der Waals surface area contributed by atoms with Crippen LogP contribution < -0.4 is 10.6 Å². The Kier molecular flexibility index (Phi) is 8.92. The van der Waals surface area contributed by atoms with E-state index in [-0.39, 0.29) is 24.8 Å². The van der Waals surface area contributed by atoms with Gasteiger partial charge in [0.25, 0.3) is 5.91 Å². The van der Waals surface area contributed by atoms with Crippen molar-refractivity contribution in [2.45, 2.75) is 52.4 Å². The van der Waals surface area contributed by atoms with Crippen LogP contribution >= 0.6 is 11.3 Å². The van der Waals surface area contributed by atoms with Gasteiger partial charge in [0.15, 0.2) is 0 Å². The summed E-state index contributed by atoms with van der Waals surface area (Å²) < 4.78 is 0. The summed E-state index contributed by atoms with van der Waals surface area (Å²) in [5.74, 6) is -0.382. The summed E-state index contributed by atoms with van der Waals surface area (Å²) in [6.45, 7) is 4.48. The number of hydrogen-bond donors (Lipinski definition) is 2. The fourth-order valence-corrected chi connectivity index (χ4v) is 4.08. The van der Waals surface area contributed by atoms with Gasteiger partial charge in [-0.2, -0.15) is 0 Å². The van der Waals surface area contributed by atoms with Crippen LogP contribution in [0.2, 0.25) is 0 Å². The number of hydrogen-bond acceptors (Lipinski definition) is 5. The molecule has 0 bridgehead atoms. The van der Waals surface area contributed by atoms with Crippen LogP contribution in [0.15, 0.2) is 48.5 Å². The second-order valence-electron chi connectivity index (χ2n) is 7.84. The zero-order chi connectivity index (χ0) is 22.8. The van der Waals surface area contributed by atoms with Gasteiger partial charge < -0.3 is 10.6 Å². The summed E-state index contributed by atoms with van der Waals surface area (Å²) in [7, 11) is 0. The molecule has 3 aromatic rings. The minimum Gasteiger partial charge on any atom is -0.352 e. The maximum Gasteiger partial charge on any atom is 0.251 e. The lowest BCUT2D eigenvalue weighted by Crippen LogP contribution is -2.27. The van der Waals surface area contributed by atoms with Gasteiger partial charge in [-0.25, -0.2) is 0 Å². The average molecular weight is 451 g/mol. The normalized spacial score (nSPS) is 10.7. The Labute approximate surface area is 193 Å². The van der Waals surface area contributed by atoms with E-state index < -0.39 is 0 Å². The highest BCUT2D eigenvalue weighted by molar-refractivity contribution is 7.18. The number of carbonyl (C=O) groups excluding carboxylic acids is 2. The van der Waals surface area contributed by atoms with E-state index in [0.29, 0.717) is 10.7 Å². The Morgan fingerprint density at radius 3 is 2.56 bits per heavy atom. The van der Waals surface area contributed by atoms with Crippen molar-refractivity contribution < 1.29 is 9.59 Å². The summed E-state index contributed by atoms with van der Waals surface area (Å²) >= 11 is 1.33. The maximum absolute atomic E-state index is 12.3. The molecule has 2 aromatic carbocycles. The number of carbonyl (C=O) groups is 2. The van der Waals surface area contributed by atoms with Crippen LogP contribution in [0.25, 0.3) is 10.6 Å². The molecule has 7 heteroatoms. The van der Waals surface area contributed by atoms with Gasteiger partial charge in [-0.15, -0.1) is 10.2 Å². The summed E-state index contributed by atoms with van der Waals surface area (Å²) in [5.41, 5.74) is 3.97. The van der Waals surface area contributed by atoms with E-state index in [1.54, 1.807) is 0 Å². The van der Waals surface area contributed by atoms with Crippen LogP contribution in [-0.4, -0.2) is 28.6 Å². The average Bonchev–Trinajstić information content (AvgIpc) is 3.25. The molecule has 1 aromatic heterocycles. The van der Waals surface area contributed by atoms with Crippen molar-refractivity contribution in [1.29, 1.82) is 0 Å². The third-order valence-electron chi connectivity index (χ3n) is 5.11. The third-order valence-corrected chi connectivity index (χ3v) is 6.00. The van der Waals surface area contributed by atoms with E-state index in [4.69, 9.17) is 0 Å². The predicted molar refractivity (Wildman–Crippen MR) is 130 cm³/mol. The van der Waals surface area contributed by atoms with Gasteiger partial charge in [0.05, 0.1) is 0 Å². The zero-order valence-electron chi connectivity index (χ0n) is 18.7. The molecule has 168 valence electrons. The number of aryl methyl sites for hydroxylation is 2. The first-order chi connectivity index (χ1) is 15.5. The van der Waals surface area contributed by atoms with Crippen molar-refractivity contribution in [2.24, 2.45) is 0 Å². The first kappa shape index (κ1) is 23.6. The molecule has 0 aliphatic rings. The lowest BCUT2D eigenvalue weighted by atomic mass is 10.0. The zero-order valence-corrected chi connectivity index (χ0v) is 19.5. The van der Waals surface area contributed by atoms with E-state index >= 15 is 0 Å². The van der Waals surface area contributed by atoms with Crippen molar-refractivity contribution in [3.05, 3.63) is 65.2 Å². The highest BCUT2D eigenvalue weighted by Gasteiger charge is 2.11. The summed E-state index contributed by atoms with van der Waals surface area (Å²) in [6, 6.07) is 15.7. The summed E-state index contributed by atoms with van der Waals surface area (Å²) in [6.07, 6.45) is 6.12. The summed E-state index contributed by atoms with van der Waals surface area (Å²) in [5, 5.41) is 14.9. The summed E-state index contributed by atoms with van der Waals surface area (Å²) in [4.78, 5) is 24.5. The quantitative estimate of drug-likeness (QED) is 0.383. The number of nitrogens with zero attached hydrogens (tertiary/aromatic N) is 2. The minimum absolute atomic E-state index is 0.167. The SMILES string of the molecule is CCCCCCc1ccc(C(=O)NCCC(=O)Nc2nnc(-c3cccc(C)c3)s2)cc1. The lowest BCUT2D eigenvalue weighted by molar-refractivity contribution is -0.116. The van der Waals surface area contributed by atoms with Crippen molar-refractivity contribution in [3.8, 4) is 10.6 Å². The largest absolute Gasteiger partial charge is 0.352 e. The molecule has 0 spiro atoms. The van der Waals surface area contributed by atoms with Crippen LogP contribution in [0, 0.1) is 6.92 Å². The Morgan fingerprint density at radius 1 is 1.00 bits per heavy atom. The number of aromatic nitrogens is 2. The number of nitrogens with one attached hydrogen (secondary N) is 2. The van der Waals surface area contributed by atoms with Crippen molar-refractivity contribution in [3.63, 3.8) is 0 Å². The monoisotopic (exact) mass is 450 g/mol. The second kappa shape index (κ2) is 12.1. The number of amides is 2. The van der Waals surface area contributed by atoms with Gasteiger partial charge >= 0.3 is 0 Å². The molecule has 0 unspecified atom stereocenters. The number of anilines is 1. The molecule has 0 fully saturated rings. The fraction of sp³-hybridized carbons (Fsp3) is 0.360. The van der Waals surface area contributed by atoms with Gasteiger partial charge in [0.2, 0.25) is 11.0 Å². The third kappa shape index (κ3) is 7.27. The molecule has 0 saturated heterocycles. The molecule has 2 N–H and O–H groups in total. The van der Waals surface area contributed by atoms with Crippen LogP contribution in [0.1, 0.15) is 60.5 Å². The lowest BCUT2D eigenvalue weighted by Gasteiger charge is -2.06. The van der Waals surface area contributed by atoms with Crippen LogP contribution in [0.4, 0.5) is 5.13 Å². The van der Waals surface area contributed by atoms with Crippen LogP contribution in [0.5, 0.6) is 0 Å². The molecule has 6 nitrogen and oxygen atoms in total. The van der Waals surface area contributed by atoms with Gasteiger partial charge in [-0.3, -0.25) is 9.59 Å². The molecule has 0 radical (unpaired) electrons. The smallest absolute Gasteiger partial charge is 0.251 e. The Bertz CT molecular complexity index is 1030. The van der Waals surface area contributed by atoms with Crippen LogP contribution in [-0.2, 0) is 11.2 Å². The van der Waals surface area contributed by atoms with Crippen molar-refractivity contribution in [1.82, 2.24) is 15.5 Å². The van der Waals surface area contributed by atoms with Gasteiger partial charge in [0, 0.05) is 24.1 Å². The molecule has 3 rings (SSSR count). The number of benzene rings is 2. The van der Waals surface area contributed by atoms with Gasteiger partial charge in [0.1, 0.15) is 5.01 Å². The number of rotatable bonds is 11. The first-order valence-electron chi connectivity index (χ1n) is 11.1. The Balaban J connectivity index is 1.40. The molecule has 2 amide bonds. The minimum atomic E-state index is -0.209. The molecule has 32 heavy (non-hydrogen) atoms. The molecule has 0 aliphatic carbocycles. The predicted octanol–water partition coefficient (Wildman–Crippen LogP) is 5.39. The topological polar surface area (TPSA) is 84.0 Å². The maximum atomic E-state index is 12.3. The van der Waals surface area contributed by atoms with E-state index in [0.717, 1.165) is 22.6 Å². The number of unbranched alkanes of at least 4 members (excludes halogenated alkanes) is 3. The Morgan fingerprint density at radius 2 is 1.81 bits per heavy atom. The van der Waals surface area contributed by atoms with E-state index in [9.17, 15) is 9.59 Å². The highest BCUT2D eigenvalue weighted by atomic mass is 32.1. The van der Waals surface area contributed by atoms with E-state index in [1.807, 2.05) is 55.5 Å². The van der Waals surface area contributed by atoms with E-state index in [2.05, 4.69) is 27.8 Å². The molecular formula is C25H30N4O2S. The van der Waals surface area contributed by atoms with Gasteiger partial charge in [-0.1, -0.05) is 73.4 Å². The fourth-order valence-electron chi connectivity index (χ4n) is 3.32. The van der Waals surface area contributed by atoms with Crippen molar-refractivity contribution in [2.75, 3.05) is 11.9 Å².